The molecule has 1 aliphatic carbocycles. The molecule has 1 aromatic carbocycles. The number of ether oxygens (including phenoxy) is 1. The van der Waals surface area contributed by atoms with Crippen LogP contribution in [0.25, 0.3) is 5.69 Å². The minimum atomic E-state index is -3.56. The molecule has 0 radical (unpaired) electrons. The fourth-order valence-corrected chi connectivity index (χ4v) is 6.05. The van der Waals surface area contributed by atoms with Gasteiger partial charge in [0.25, 0.3) is 5.56 Å². The Morgan fingerprint density at radius 1 is 1.23 bits per heavy atom. The van der Waals surface area contributed by atoms with E-state index < -0.39 is 50.9 Å². The van der Waals surface area contributed by atoms with Crippen molar-refractivity contribution in [2.45, 2.75) is 81.5 Å². The lowest BCUT2D eigenvalue weighted by atomic mass is 9.97. The van der Waals surface area contributed by atoms with Crippen LogP contribution in [0, 0.1) is 23.1 Å². The summed E-state index contributed by atoms with van der Waals surface area (Å²) in [5.74, 6) is -1.03. The molecule has 12 heteroatoms. The summed E-state index contributed by atoms with van der Waals surface area (Å²) in [6.45, 7) is 5.29. The molecule has 4 unspecified atom stereocenters. The Kier molecular flexibility index (Phi) is 8.08. The van der Waals surface area contributed by atoms with Crippen molar-refractivity contribution in [1.29, 1.82) is 5.26 Å². The molecular formula is C28H33FN4O6S. The van der Waals surface area contributed by atoms with Crippen molar-refractivity contribution in [2.75, 3.05) is 6.26 Å². The van der Waals surface area contributed by atoms with Gasteiger partial charge in [0.15, 0.2) is 9.84 Å². The lowest BCUT2D eigenvalue weighted by molar-refractivity contribution is -0.128. The third kappa shape index (κ3) is 6.36. The van der Waals surface area contributed by atoms with Crippen LogP contribution in [0.4, 0.5) is 9.18 Å². The third-order valence-corrected chi connectivity index (χ3v) is 8.38. The number of sulfone groups is 1. The summed E-state index contributed by atoms with van der Waals surface area (Å²) >= 11 is 0. The van der Waals surface area contributed by atoms with Gasteiger partial charge in [-0.3, -0.25) is 19.1 Å². The van der Waals surface area contributed by atoms with Gasteiger partial charge in [0.2, 0.25) is 5.91 Å². The molecule has 2 bridgehead atoms. The Balaban J connectivity index is 1.42. The van der Waals surface area contributed by atoms with Crippen molar-refractivity contribution >= 4 is 21.8 Å². The van der Waals surface area contributed by atoms with Crippen molar-refractivity contribution in [2.24, 2.45) is 5.92 Å². The number of pyridine rings is 1. The smallest absolute Gasteiger partial charge is 0.411 e. The summed E-state index contributed by atoms with van der Waals surface area (Å²) in [7, 11) is -3.56. The summed E-state index contributed by atoms with van der Waals surface area (Å²) in [5, 5.41) is 12.4. The second kappa shape index (κ2) is 11.0. The molecule has 214 valence electrons. The first-order valence-electron chi connectivity index (χ1n) is 13.1. The molecule has 1 N–H and O–H groups in total. The zero-order valence-corrected chi connectivity index (χ0v) is 23.7. The Hall–Kier alpha value is -3.72. The number of aromatic nitrogens is 1. The van der Waals surface area contributed by atoms with Crippen LogP contribution in [0.2, 0.25) is 0 Å². The molecule has 10 nitrogen and oxygen atoms in total. The number of rotatable bonds is 7. The van der Waals surface area contributed by atoms with Gasteiger partial charge in [0.05, 0.1) is 16.7 Å². The number of amides is 2. The highest BCUT2D eigenvalue weighted by Crippen LogP contribution is 2.43. The van der Waals surface area contributed by atoms with Crippen molar-refractivity contribution in [3.05, 3.63) is 58.3 Å². The highest BCUT2D eigenvalue weighted by molar-refractivity contribution is 7.90. The number of nitrogens with zero attached hydrogens (tertiary/aromatic N) is 3. The number of piperidine rings is 1. The van der Waals surface area contributed by atoms with Gasteiger partial charge in [0, 0.05) is 24.6 Å². The van der Waals surface area contributed by atoms with Crippen LogP contribution in [0.5, 0.6) is 0 Å². The van der Waals surface area contributed by atoms with Gasteiger partial charge in [0.1, 0.15) is 23.5 Å². The Bertz CT molecular complexity index is 1520. The average molecular weight is 573 g/mol. The van der Waals surface area contributed by atoms with Crippen LogP contribution >= 0.6 is 0 Å². The Morgan fingerprint density at radius 2 is 1.95 bits per heavy atom. The average Bonchev–Trinajstić information content (AvgIpc) is 3.47. The van der Waals surface area contributed by atoms with Crippen LogP contribution in [-0.4, -0.2) is 59.9 Å². The van der Waals surface area contributed by atoms with Crippen LogP contribution in [0.1, 0.15) is 52.0 Å². The maximum absolute atomic E-state index is 14.9. The van der Waals surface area contributed by atoms with E-state index in [1.807, 2.05) is 0 Å². The summed E-state index contributed by atoms with van der Waals surface area (Å²) < 4.78 is 44.9. The SMILES string of the molecule is CC(C)(C)OC(=O)N1C2CCC(C2)C1C(=O)NC(C#N)CCc1ccc(-n2ccc(S(C)(=O)=O)cc2=O)cc1F. The molecule has 1 saturated carbocycles. The monoisotopic (exact) mass is 572 g/mol. The Labute approximate surface area is 232 Å². The largest absolute Gasteiger partial charge is 0.444 e. The van der Waals surface area contributed by atoms with Crippen molar-refractivity contribution in [3.8, 4) is 11.8 Å². The molecule has 2 fully saturated rings. The predicted octanol–water partition coefficient (Wildman–Crippen LogP) is 3.11. The maximum atomic E-state index is 14.9. The fourth-order valence-electron chi connectivity index (χ4n) is 5.42. The second-order valence-electron chi connectivity index (χ2n) is 11.4. The maximum Gasteiger partial charge on any atom is 0.411 e. The number of aryl methyl sites for hydroxylation is 1. The predicted molar refractivity (Wildman–Crippen MR) is 144 cm³/mol. The molecule has 0 spiro atoms. The number of benzene rings is 1. The summed E-state index contributed by atoms with van der Waals surface area (Å²) in [4.78, 5) is 39.9. The van der Waals surface area contributed by atoms with Gasteiger partial charge in [-0.25, -0.2) is 17.6 Å². The summed E-state index contributed by atoms with van der Waals surface area (Å²) in [6, 6.07) is 6.76. The van der Waals surface area contributed by atoms with E-state index in [1.165, 1.54) is 29.3 Å². The van der Waals surface area contributed by atoms with E-state index >= 15 is 0 Å². The molecule has 2 aromatic rings. The fraction of sp³-hybridized carbons (Fsp3) is 0.500. The van der Waals surface area contributed by atoms with Gasteiger partial charge >= 0.3 is 6.09 Å². The molecular weight excluding hydrogens is 539 g/mol. The first-order chi connectivity index (χ1) is 18.7. The van der Waals surface area contributed by atoms with E-state index in [-0.39, 0.29) is 40.9 Å². The van der Waals surface area contributed by atoms with Crippen molar-refractivity contribution in [1.82, 2.24) is 14.8 Å². The van der Waals surface area contributed by atoms with Crippen LogP contribution < -0.4 is 10.9 Å². The van der Waals surface area contributed by atoms with Gasteiger partial charge in [-0.15, -0.1) is 0 Å². The third-order valence-electron chi connectivity index (χ3n) is 7.27. The van der Waals surface area contributed by atoms with E-state index in [2.05, 4.69) is 11.4 Å². The number of nitriles is 1. The quantitative estimate of drug-likeness (QED) is 0.538. The van der Waals surface area contributed by atoms with Crippen LogP contribution in [-0.2, 0) is 25.8 Å². The summed E-state index contributed by atoms with van der Waals surface area (Å²) in [5.41, 5.74) is -0.824. The van der Waals surface area contributed by atoms with Crippen molar-refractivity contribution < 1.29 is 27.1 Å². The van der Waals surface area contributed by atoms with Crippen LogP contribution in [0.15, 0.2) is 46.2 Å². The normalized spacial score (nSPS) is 21.1. The molecule has 40 heavy (non-hydrogen) atoms. The molecule has 4 rings (SSSR count). The molecule has 1 aliphatic heterocycles. The molecule has 4 atom stereocenters. The van der Waals surface area contributed by atoms with Crippen LogP contribution in [0.3, 0.4) is 0 Å². The number of fused-ring (bicyclic) bond motifs is 2. The molecule has 1 aromatic heterocycles. The lowest BCUT2D eigenvalue weighted by Gasteiger charge is -2.35. The molecule has 2 heterocycles. The number of hydrogen-bond donors (Lipinski definition) is 1. The topological polar surface area (TPSA) is 139 Å². The first-order valence-corrected chi connectivity index (χ1v) is 15.0. The standard InChI is InChI=1S/C28H33FN4O6S/c1-28(2,3)39-27(36)33-21-10-7-18(13-21)25(33)26(35)31-19(16-30)8-5-17-6-9-20(14-23(17)29)32-12-11-22(15-24(32)34)40(4,37)38/h6,9,11-12,14-15,18-19,21,25H,5,7-8,10,13H2,1-4H3,(H,31,35). The highest BCUT2D eigenvalue weighted by atomic mass is 32.2. The van der Waals surface area contributed by atoms with E-state index in [0.29, 0.717) is 6.42 Å². The zero-order valence-electron chi connectivity index (χ0n) is 22.9. The Morgan fingerprint density at radius 3 is 2.55 bits per heavy atom. The number of halogens is 1. The van der Waals surface area contributed by atoms with Gasteiger partial charge in [-0.05, 0) is 82.6 Å². The molecule has 1 saturated heterocycles. The first kappa shape index (κ1) is 29.3. The van der Waals surface area contributed by atoms with Gasteiger partial charge in [-0.1, -0.05) is 6.07 Å². The van der Waals surface area contributed by atoms with Crippen molar-refractivity contribution in [3.63, 3.8) is 0 Å². The second-order valence-corrected chi connectivity index (χ2v) is 13.4. The number of carbonyl (C=O) groups excluding carboxylic acids is 2. The number of nitrogens with one attached hydrogen (secondary N) is 1. The number of carbonyl (C=O) groups is 2. The lowest BCUT2D eigenvalue weighted by Crippen LogP contribution is -2.55. The highest BCUT2D eigenvalue weighted by Gasteiger charge is 2.52. The summed E-state index contributed by atoms with van der Waals surface area (Å²) in [6.07, 6.45) is 4.33. The number of likely N-dealkylation sites (tertiary alicyclic amines) is 1. The number of hydrogen-bond acceptors (Lipinski definition) is 7. The zero-order chi connectivity index (χ0) is 29.4. The molecule has 2 aliphatic rings. The van der Waals surface area contributed by atoms with E-state index in [9.17, 15) is 32.5 Å². The molecule has 2 amide bonds. The van der Waals surface area contributed by atoms with E-state index in [0.717, 1.165) is 35.8 Å². The minimum Gasteiger partial charge on any atom is -0.444 e. The van der Waals surface area contributed by atoms with E-state index in [1.54, 1.807) is 20.8 Å². The minimum absolute atomic E-state index is 0.00300. The van der Waals surface area contributed by atoms with E-state index in [4.69, 9.17) is 4.74 Å². The van der Waals surface area contributed by atoms with Gasteiger partial charge in [-0.2, -0.15) is 5.26 Å². The van der Waals surface area contributed by atoms with Gasteiger partial charge < -0.3 is 10.1 Å².